The summed E-state index contributed by atoms with van der Waals surface area (Å²) in [6.07, 6.45) is 4.75. The number of aliphatic imine (C=N–C) groups is 1. The van der Waals surface area contributed by atoms with Crippen LogP contribution < -0.4 is 0 Å². The van der Waals surface area contributed by atoms with Crippen molar-refractivity contribution in [3.05, 3.63) is 12.3 Å². The van der Waals surface area contributed by atoms with E-state index in [0.29, 0.717) is 5.92 Å². The first-order valence-electron chi connectivity index (χ1n) is 5.98. The average Bonchev–Trinajstić information content (AvgIpc) is 2.43. The number of hydrogen-bond donors (Lipinski definition) is 0. The maximum atomic E-state index is 5.68. The molecule has 2 heteroatoms. The van der Waals surface area contributed by atoms with E-state index in [2.05, 4.69) is 39.3 Å². The van der Waals surface area contributed by atoms with Gasteiger partial charge >= 0.3 is 0 Å². The van der Waals surface area contributed by atoms with E-state index in [0.717, 1.165) is 18.1 Å². The molecule has 0 aliphatic carbocycles. The first kappa shape index (κ1) is 12.3. The lowest BCUT2D eigenvalue weighted by atomic mass is 9.99. The molecule has 0 N–H and O–H groups in total. The summed E-state index contributed by atoms with van der Waals surface area (Å²) < 4.78 is 5.68. The minimum Gasteiger partial charge on any atom is -0.445 e. The van der Waals surface area contributed by atoms with E-state index < -0.39 is 0 Å². The predicted molar refractivity (Wildman–Crippen MR) is 65.0 cm³/mol. The minimum absolute atomic E-state index is 0.227. The van der Waals surface area contributed by atoms with Gasteiger partial charge in [0.05, 0.1) is 0 Å². The van der Waals surface area contributed by atoms with Gasteiger partial charge in [0, 0.05) is 5.92 Å². The van der Waals surface area contributed by atoms with Crippen LogP contribution in [0.2, 0.25) is 0 Å². The molecule has 1 rings (SSSR count). The molecule has 1 atom stereocenters. The highest BCUT2D eigenvalue weighted by Gasteiger charge is 2.33. The van der Waals surface area contributed by atoms with Crippen molar-refractivity contribution in [3.63, 3.8) is 0 Å². The molecule has 1 unspecified atom stereocenters. The standard InChI is InChI=1S/C13H23NO/c1-6-8-9-11(7-2)12-14-13(4,5)10(3)15-12/h11H,3,6-9H2,1-2,4-5H3. The molecule has 0 saturated carbocycles. The number of unbranched alkanes of at least 4 members (excludes halogenated alkanes) is 1. The highest BCUT2D eigenvalue weighted by molar-refractivity contribution is 5.82. The van der Waals surface area contributed by atoms with E-state index >= 15 is 0 Å². The molecular weight excluding hydrogens is 186 g/mol. The molecule has 1 heterocycles. The number of nitrogens with zero attached hydrogens (tertiary/aromatic N) is 1. The molecule has 0 aromatic rings. The summed E-state index contributed by atoms with van der Waals surface area (Å²) in [5.41, 5.74) is -0.227. The molecule has 2 nitrogen and oxygen atoms in total. The molecule has 0 fully saturated rings. The number of rotatable bonds is 5. The van der Waals surface area contributed by atoms with Crippen LogP contribution in [0.5, 0.6) is 0 Å². The van der Waals surface area contributed by atoms with Crippen LogP contribution in [-0.4, -0.2) is 11.4 Å². The number of hydrogen-bond acceptors (Lipinski definition) is 2. The second kappa shape index (κ2) is 4.82. The third-order valence-electron chi connectivity index (χ3n) is 3.05. The van der Waals surface area contributed by atoms with Crippen LogP contribution >= 0.6 is 0 Å². The van der Waals surface area contributed by atoms with Gasteiger partial charge in [-0.3, -0.25) is 0 Å². The molecule has 0 saturated heterocycles. The normalized spacial score (nSPS) is 21.1. The van der Waals surface area contributed by atoms with E-state index in [-0.39, 0.29) is 5.54 Å². The molecule has 0 aromatic carbocycles. The van der Waals surface area contributed by atoms with Gasteiger partial charge in [0.25, 0.3) is 0 Å². The Balaban J connectivity index is 2.67. The maximum Gasteiger partial charge on any atom is 0.193 e. The zero-order valence-electron chi connectivity index (χ0n) is 10.5. The maximum absolute atomic E-state index is 5.68. The Hall–Kier alpha value is -0.790. The van der Waals surface area contributed by atoms with Crippen LogP contribution in [0.15, 0.2) is 17.3 Å². The van der Waals surface area contributed by atoms with Gasteiger partial charge in [-0.2, -0.15) is 0 Å². The second-order valence-electron chi connectivity index (χ2n) is 4.78. The van der Waals surface area contributed by atoms with E-state index in [4.69, 9.17) is 4.74 Å². The SMILES string of the molecule is C=C1OC(C(CC)CCCC)=NC1(C)C. The molecule has 0 amide bonds. The van der Waals surface area contributed by atoms with Gasteiger partial charge in [0.15, 0.2) is 5.90 Å². The van der Waals surface area contributed by atoms with Crippen LogP contribution in [0.3, 0.4) is 0 Å². The summed E-state index contributed by atoms with van der Waals surface area (Å²) in [6, 6.07) is 0. The fourth-order valence-corrected chi connectivity index (χ4v) is 1.74. The summed E-state index contributed by atoms with van der Waals surface area (Å²) in [5.74, 6) is 2.16. The van der Waals surface area contributed by atoms with Crippen molar-refractivity contribution < 1.29 is 4.74 Å². The Kier molecular flexibility index (Phi) is 3.95. The molecule has 0 aromatic heterocycles. The quantitative estimate of drug-likeness (QED) is 0.672. The third kappa shape index (κ3) is 2.83. The van der Waals surface area contributed by atoms with E-state index in [1.165, 1.54) is 19.3 Å². The molecule has 15 heavy (non-hydrogen) atoms. The lowest BCUT2D eigenvalue weighted by molar-refractivity contribution is 0.354. The monoisotopic (exact) mass is 209 g/mol. The van der Waals surface area contributed by atoms with E-state index in [1.807, 2.05) is 0 Å². The van der Waals surface area contributed by atoms with Crippen molar-refractivity contribution in [1.29, 1.82) is 0 Å². The summed E-state index contributed by atoms with van der Waals surface area (Å²) >= 11 is 0. The molecule has 0 radical (unpaired) electrons. The fourth-order valence-electron chi connectivity index (χ4n) is 1.74. The zero-order valence-corrected chi connectivity index (χ0v) is 10.5. The Labute approximate surface area is 93.4 Å². The minimum atomic E-state index is -0.227. The lowest BCUT2D eigenvalue weighted by Gasteiger charge is -2.13. The Morgan fingerprint density at radius 2 is 2.07 bits per heavy atom. The largest absolute Gasteiger partial charge is 0.445 e. The summed E-state index contributed by atoms with van der Waals surface area (Å²) in [6.45, 7) is 12.4. The zero-order chi connectivity index (χ0) is 11.5. The van der Waals surface area contributed by atoms with Gasteiger partial charge in [-0.05, 0) is 26.7 Å². The van der Waals surface area contributed by atoms with Crippen molar-refractivity contribution in [3.8, 4) is 0 Å². The average molecular weight is 209 g/mol. The topological polar surface area (TPSA) is 21.6 Å². The van der Waals surface area contributed by atoms with Gasteiger partial charge in [0.1, 0.15) is 11.3 Å². The highest BCUT2D eigenvalue weighted by Crippen LogP contribution is 2.31. The van der Waals surface area contributed by atoms with Crippen LogP contribution in [0, 0.1) is 5.92 Å². The van der Waals surface area contributed by atoms with Crippen LogP contribution in [0.25, 0.3) is 0 Å². The lowest BCUT2D eigenvalue weighted by Crippen LogP contribution is -2.14. The van der Waals surface area contributed by atoms with Gasteiger partial charge in [0.2, 0.25) is 0 Å². The van der Waals surface area contributed by atoms with Crippen molar-refractivity contribution >= 4 is 5.90 Å². The van der Waals surface area contributed by atoms with Gasteiger partial charge in [-0.15, -0.1) is 0 Å². The van der Waals surface area contributed by atoms with Crippen LogP contribution in [-0.2, 0) is 4.74 Å². The summed E-state index contributed by atoms with van der Waals surface area (Å²) in [7, 11) is 0. The summed E-state index contributed by atoms with van der Waals surface area (Å²) in [5, 5.41) is 0. The first-order valence-corrected chi connectivity index (χ1v) is 5.98. The van der Waals surface area contributed by atoms with Crippen LogP contribution in [0.4, 0.5) is 0 Å². The van der Waals surface area contributed by atoms with Crippen molar-refractivity contribution in [2.45, 2.75) is 58.9 Å². The molecule has 1 aliphatic heterocycles. The summed E-state index contributed by atoms with van der Waals surface area (Å²) in [4.78, 5) is 4.62. The Morgan fingerprint density at radius 1 is 1.40 bits per heavy atom. The third-order valence-corrected chi connectivity index (χ3v) is 3.05. The van der Waals surface area contributed by atoms with Gasteiger partial charge < -0.3 is 4.74 Å². The molecule has 0 bridgehead atoms. The van der Waals surface area contributed by atoms with Crippen molar-refractivity contribution in [2.24, 2.45) is 10.9 Å². The van der Waals surface area contributed by atoms with Crippen LogP contribution in [0.1, 0.15) is 53.4 Å². The molecule has 86 valence electrons. The smallest absolute Gasteiger partial charge is 0.193 e. The fraction of sp³-hybridized carbons (Fsp3) is 0.769. The highest BCUT2D eigenvalue weighted by atomic mass is 16.5. The Morgan fingerprint density at radius 3 is 2.47 bits per heavy atom. The van der Waals surface area contributed by atoms with Crippen molar-refractivity contribution in [1.82, 2.24) is 0 Å². The first-order chi connectivity index (χ1) is 7.01. The predicted octanol–water partition coefficient (Wildman–Crippen LogP) is 3.92. The number of ether oxygens (including phenoxy) is 1. The molecule has 0 spiro atoms. The van der Waals surface area contributed by atoms with E-state index in [1.54, 1.807) is 0 Å². The Bertz CT molecular complexity index is 266. The van der Waals surface area contributed by atoms with Crippen molar-refractivity contribution in [2.75, 3.05) is 0 Å². The molecule has 1 aliphatic rings. The second-order valence-corrected chi connectivity index (χ2v) is 4.78. The van der Waals surface area contributed by atoms with Gasteiger partial charge in [-0.1, -0.05) is 33.3 Å². The van der Waals surface area contributed by atoms with Gasteiger partial charge in [-0.25, -0.2) is 4.99 Å². The molecular formula is C13H23NO. The van der Waals surface area contributed by atoms with E-state index in [9.17, 15) is 0 Å².